The molecule has 0 saturated carbocycles. The van der Waals surface area contributed by atoms with Gasteiger partial charge in [-0.2, -0.15) is 9.19 Å². The van der Waals surface area contributed by atoms with Crippen molar-refractivity contribution in [2.24, 2.45) is 0 Å². The highest BCUT2D eigenvalue weighted by Crippen LogP contribution is 2.33. The molecular weight excluding hydrogens is 388 g/mol. The van der Waals surface area contributed by atoms with Crippen LogP contribution in [0.2, 0.25) is 0 Å². The SMILES string of the molecule is CC.CC(=O)Nc1ncc2cc(-c3ccccc3N3CCCC3)[nH]c2n1.N=S=O. The fourth-order valence-electron chi connectivity index (χ4n) is 3.21. The van der Waals surface area contributed by atoms with Crippen LogP contribution in [0.1, 0.15) is 33.6 Å². The molecule has 8 nitrogen and oxygen atoms in total. The fourth-order valence-corrected chi connectivity index (χ4v) is 3.21. The molecule has 2 aromatic heterocycles. The van der Waals surface area contributed by atoms with Crippen molar-refractivity contribution < 1.29 is 9.00 Å². The topological polar surface area (TPSA) is 115 Å². The molecule has 1 aromatic carbocycles. The van der Waals surface area contributed by atoms with Crippen molar-refractivity contribution in [2.45, 2.75) is 33.6 Å². The maximum Gasteiger partial charge on any atom is 0.231 e. The van der Waals surface area contributed by atoms with E-state index in [-0.39, 0.29) is 17.4 Å². The normalized spacial score (nSPS) is 12.4. The van der Waals surface area contributed by atoms with Crippen molar-refractivity contribution in [3.8, 4) is 11.3 Å². The number of aromatic nitrogens is 3. The van der Waals surface area contributed by atoms with E-state index in [1.807, 2.05) is 13.8 Å². The molecule has 9 heteroatoms. The monoisotopic (exact) mass is 414 g/mol. The lowest BCUT2D eigenvalue weighted by Crippen LogP contribution is -2.18. The Kier molecular flexibility index (Phi) is 8.47. The number of hydrogen-bond donors (Lipinski definition) is 3. The standard InChI is InChI=1S/C18H19N5O.C2H6.HNOS/c1-12(24)20-18-19-11-13-10-15(21-17(13)22-18)14-6-2-3-7-16(14)23-8-4-5-9-23;1-2;1-3-2/h2-3,6-7,10-11H,4-5,8-9H2,1H3,(H2,19,20,21,22,24);1-2H3;1H. The summed E-state index contributed by atoms with van der Waals surface area (Å²) in [6.07, 6.45) is 4.21. The molecule has 0 radical (unpaired) electrons. The van der Waals surface area contributed by atoms with E-state index in [9.17, 15) is 4.79 Å². The number of nitrogens with one attached hydrogen (secondary N) is 3. The molecule has 3 N–H and O–H groups in total. The first-order valence-corrected chi connectivity index (χ1v) is 10.3. The molecule has 0 spiro atoms. The van der Waals surface area contributed by atoms with E-state index in [0.29, 0.717) is 5.95 Å². The zero-order chi connectivity index (χ0) is 21.2. The van der Waals surface area contributed by atoms with Crippen molar-refractivity contribution in [3.05, 3.63) is 36.5 Å². The smallest absolute Gasteiger partial charge is 0.231 e. The molecule has 1 saturated heterocycles. The molecule has 3 aromatic rings. The summed E-state index contributed by atoms with van der Waals surface area (Å²) in [6, 6.07) is 10.5. The molecular formula is C20H26N6O2S. The van der Waals surface area contributed by atoms with Crippen LogP contribution in [0.15, 0.2) is 36.5 Å². The average Bonchev–Trinajstić information content (AvgIpc) is 3.39. The Morgan fingerprint density at radius 1 is 1.24 bits per heavy atom. The van der Waals surface area contributed by atoms with Crippen LogP contribution in [0.4, 0.5) is 11.6 Å². The molecule has 0 bridgehead atoms. The van der Waals surface area contributed by atoms with Crippen LogP contribution in [0.25, 0.3) is 22.3 Å². The first-order chi connectivity index (χ1) is 14.1. The van der Waals surface area contributed by atoms with Gasteiger partial charge in [0.1, 0.15) is 5.65 Å². The van der Waals surface area contributed by atoms with Crippen molar-refractivity contribution in [3.63, 3.8) is 0 Å². The third-order valence-electron chi connectivity index (χ3n) is 4.30. The van der Waals surface area contributed by atoms with Gasteiger partial charge in [-0.3, -0.25) is 10.1 Å². The summed E-state index contributed by atoms with van der Waals surface area (Å²) in [5.74, 6) is 0.136. The quantitative estimate of drug-likeness (QED) is 0.595. The molecule has 154 valence electrons. The van der Waals surface area contributed by atoms with Crippen molar-refractivity contribution in [1.82, 2.24) is 15.0 Å². The number of aromatic amines is 1. The summed E-state index contributed by atoms with van der Waals surface area (Å²) in [5.41, 5.74) is 4.15. The molecule has 1 aliphatic heterocycles. The molecule has 3 heterocycles. The summed E-state index contributed by atoms with van der Waals surface area (Å²) in [6.45, 7) is 7.65. The van der Waals surface area contributed by atoms with Crippen molar-refractivity contribution in [2.75, 3.05) is 23.3 Å². The molecule has 0 atom stereocenters. The minimum Gasteiger partial charge on any atom is -0.371 e. The largest absolute Gasteiger partial charge is 0.371 e. The van der Waals surface area contributed by atoms with Gasteiger partial charge in [0, 0.05) is 48.5 Å². The lowest BCUT2D eigenvalue weighted by atomic mass is 10.1. The van der Waals surface area contributed by atoms with E-state index in [0.717, 1.165) is 29.8 Å². The highest BCUT2D eigenvalue weighted by molar-refractivity contribution is 7.53. The van der Waals surface area contributed by atoms with Crippen molar-refractivity contribution >= 4 is 40.0 Å². The van der Waals surface area contributed by atoms with Gasteiger partial charge in [-0.15, -0.1) is 0 Å². The summed E-state index contributed by atoms with van der Waals surface area (Å²) in [4.78, 5) is 25.5. The summed E-state index contributed by atoms with van der Waals surface area (Å²) in [7, 11) is 0. The second kappa shape index (κ2) is 11.1. The van der Waals surface area contributed by atoms with Gasteiger partial charge in [-0.05, 0) is 25.0 Å². The third-order valence-corrected chi connectivity index (χ3v) is 4.30. The number of para-hydroxylation sites is 1. The zero-order valence-corrected chi connectivity index (χ0v) is 17.7. The molecule has 1 aliphatic rings. The number of hydrogen-bond acceptors (Lipinski definition) is 6. The number of amides is 1. The van der Waals surface area contributed by atoms with E-state index in [2.05, 4.69) is 55.5 Å². The average molecular weight is 415 g/mol. The lowest BCUT2D eigenvalue weighted by molar-refractivity contribution is -0.114. The van der Waals surface area contributed by atoms with Gasteiger partial charge in [-0.1, -0.05) is 32.0 Å². The van der Waals surface area contributed by atoms with Gasteiger partial charge in [0.25, 0.3) is 0 Å². The minimum atomic E-state index is -0.250. The summed E-state index contributed by atoms with van der Waals surface area (Å²) >= 11 is -0.250. The van der Waals surface area contributed by atoms with Gasteiger partial charge >= 0.3 is 0 Å². The predicted octanol–water partition coefficient (Wildman–Crippen LogP) is 4.17. The third kappa shape index (κ3) is 5.71. The van der Waals surface area contributed by atoms with E-state index in [1.54, 1.807) is 6.20 Å². The Labute approximate surface area is 173 Å². The molecule has 4 rings (SSSR count). The molecule has 0 unspecified atom stereocenters. The van der Waals surface area contributed by atoms with Gasteiger partial charge in [0.05, 0.1) is 0 Å². The van der Waals surface area contributed by atoms with Gasteiger partial charge in [0.2, 0.25) is 11.9 Å². The molecule has 1 amide bonds. The van der Waals surface area contributed by atoms with Crippen LogP contribution in [0.3, 0.4) is 0 Å². The number of benzene rings is 1. The maximum atomic E-state index is 11.2. The summed E-state index contributed by atoms with van der Waals surface area (Å²) < 4.78 is 14.1. The highest BCUT2D eigenvalue weighted by atomic mass is 32.1. The number of carbonyl (C=O) groups is 1. The van der Waals surface area contributed by atoms with E-state index < -0.39 is 0 Å². The van der Waals surface area contributed by atoms with Crippen LogP contribution in [0.5, 0.6) is 0 Å². The predicted molar refractivity (Wildman–Crippen MR) is 117 cm³/mol. The highest BCUT2D eigenvalue weighted by Gasteiger charge is 2.17. The Morgan fingerprint density at radius 3 is 2.55 bits per heavy atom. The van der Waals surface area contributed by atoms with E-state index in [1.165, 1.54) is 31.0 Å². The number of anilines is 2. The first kappa shape index (κ1) is 22.2. The number of rotatable bonds is 3. The number of H-pyrrole nitrogens is 1. The Bertz CT molecular complexity index is 992. The van der Waals surface area contributed by atoms with Crippen molar-refractivity contribution in [1.29, 1.82) is 4.78 Å². The number of fused-ring (bicyclic) bond motifs is 1. The fraction of sp³-hybridized carbons (Fsp3) is 0.350. The Morgan fingerprint density at radius 2 is 1.90 bits per heavy atom. The van der Waals surface area contributed by atoms with Crippen LogP contribution < -0.4 is 10.2 Å². The minimum absolute atomic E-state index is 0.180. The molecule has 1 fully saturated rings. The second-order valence-corrected chi connectivity index (χ2v) is 6.32. The first-order valence-electron chi connectivity index (χ1n) is 9.55. The molecule has 0 aliphatic carbocycles. The summed E-state index contributed by atoms with van der Waals surface area (Å²) in [5, 5.41) is 3.54. The molecule has 29 heavy (non-hydrogen) atoms. The van der Waals surface area contributed by atoms with Gasteiger partial charge in [-0.25, -0.2) is 9.76 Å². The lowest BCUT2D eigenvalue weighted by Gasteiger charge is -2.20. The van der Waals surface area contributed by atoms with E-state index >= 15 is 0 Å². The van der Waals surface area contributed by atoms with Crippen LogP contribution >= 0.6 is 0 Å². The Hall–Kier alpha value is -3.07. The van der Waals surface area contributed by atoms with E-state index in [4.69, 9.17) is 8.99 Å². The van der Waals surface area contributed by atoms with Crippen LogP contribution in [-0.4, -0.2) is 38.2 Å². The second-order valence-electron chi connectivity index (χ2n) is 6.16. The zero-order valence-electron chi connectivity index (χ0n) is 16.9. The Balaban J connectivity index is 0.000000551. The maximum absolute atomic E-state index is 11.2. The number of carbonyl (C=O) groups excluding carboxylic acids is 1. The van der Waals surface area contributed by atoms with Crippen LogP contribution in [0, 0.1) is 4.78 Å². The van der Waals surface area contributed by atoms with Gasteiger partial charge < -0.3 is 9.88 Å². The number of nitrogens with zero attached hydrogens (tertiary/aromatic N) is 3. The van der Waals surface area contributed by atoms with Gasteiger partial charge in [0.15, 0.2) is 11.5 Å². The van der Waals surface area contributed by atoms with Crippen LogP contribution in [-0.2, 0) is 16.3 Å².